The van der Waals surface area contributed by atoms with E-state index < -0.39 is 0 Å². The zero-order chi connectivity index (χ0) is 15.9. The van der Waals surface area contributed by atoms with Crippen molar-refractivity contribution in [2.24, 2.45) is 0 Å². The summed E-state index contributed by atoms with van der Waals surface area (Å²) in [5.41, 5.74) is 6.48. The molecule has 0 radical (unpaired) electrons. The third-order valence-electron chi connectivity index (χ3n) is 3.74. The summed E-state index contributed by atoms with van der Waals surface area (Å²) in [5.74, 6) is 0. The Balaban J connectivity index is 1.64. The van der Waals surface area contributed by atoms with Gasteiger partial charge in [0.25, 0.3) is 0 Å². The van der Waals surface area contributed by atoms with Gasteiger partial charge >= 0.3 is 0 Å². The van der Waals surface area contributed by atoms with E-state index in [4.69, 9.17) is 9.97 Å². The maximum atomic E-state index is 4.76. The molecule has 0 unspecified atom stereocenters. The summed E-state index contributed by atoms with van der Waals surface area (Å²) in [4.78, 5) is 18.2. The fourth-order valence-corrected chi connectivity index (χ4v) is 4.24. The average molecular weight is 346 g/mol. The van der Waals surface area contributed by atoms with Gasteiger partial charge in [-0.1, -0.05) is 12.1 Å². The van der Waals surface area contributed by atoms with E-state index in [9.17, 15) is 0 Å². The zero-order valence-corrected chi connectivity index (χ0v) is 14.0. The number of rotatable bonds is 2. The van der Waals surface area contributed by atoms with E-state index in [0.717, 1.165) is 42.5 Å². The highest BCUT2D eigenvalue weighted by Gasteiger charge is 2.11. The topological polar surface area (TPSA) is 51.6 Å². The third-order valence-corrected chi connectivity index (χ3v) is 5.57. The summed E-state index contributed by atoms with van der Waals surface area (Å²) in [6.07, 6.45) is 1.78. The van der Waals surface area contributed by atoms with Crippen molar-refractivity contribution in [1.82, 2.24) is 19.9 Å². The third kappa shape index (κ3) is 2.28. The number of thiazole rings is 2. The summed E-state index contributed by atoms with van der Waals surface area (Å²) in [5, 5.41) is 0.917. The molecule has 1 aromatic carbocycles. The van der Waals surface area contributed by atoms with Crippen LogP contribution in [-0.4, -0.2) is 19.9 Å². The fourth-order valence-electron chi connectivity index (χ4n) is 2.60. The van der Waals surface area contributed by atoms with Crippen molar-refractivity contribution in [3.8, 4) is 22.1 Å². The molecule has 0 amide bonds. The molecule has 24 heavy (non-hydrogen) atoms. The maximum absolute atomic E-state index is 4.76. The van der Waals surface area contributed by atoms with Crippen molar-refractivity contribution >= 4 is 43.1 Å². The predicted octanol–water partition coefficient (Wildman–Crippen LogP) is 5.03. The van der Waals surface area contributed by atoms with Crippen LogP contribution in [0.4, 0.5) is 0 Å². The Hall–Kier alpha value is -2.70. The van der Waals surface area contributed by atoms with Gasteiger partial charge in [-0.25, -0.2) is 15.0 Å². The predicted molar refractivity (Wildman–Crippen MR) is 99.3 cm³/mol. The zero-order valence-electron chi connectivity index (χ0n) is 12.4. The minimum absolute atomic E-state index is 0.856. The van der Waals surface area contributed by atoms with Gasteiger partial charge < -0.3 is 0 Å². The fraction of sp³-hybridized carbons (Fsp3) is 0. The molecule has 0 saturated heterocycles. The Labute approximate surface area is 145 Å². The Kier molecular flexibility index (Phi) is 3.11. The molecule has 5 rings (SSSR count). The quantitative estimate of drug-likeness (QED) is 0.450. The largest absolute Gasteiger partial charge is 0.255 e. The van der Waals surface area contributed by atoms with Crippen molar-refractivity contribution in [2.75, 3.05) is 0 Å². The molecule has 0 N–H and O–H groups in total. The Bertz CT molecular complexity index is 1110. The number of pyridine rings is 2. The first kappa shape index (κ1) is 13.7. The first-order valence-corrected chi connectivity index (χ1v) is 9.09. The van der Waals surface area contributed by atoms with Gasteiger partial charge in [-0.05, 0) is 36.4 Å². The Morgan fingerprint density at radius 1 is 0.708 bits per heavy atom. The SMILES string of the molecule is c1ccc(-c2cccc(-c3nc4cc5scnc5cc4s3)n2)nc1. The maximum Gasteiger partial charge on any atom is 0.143 e. The standard InChI is InChI=1S/C18H10N4S2/c1-2-7-19-11(4-1)12-5-3-6-13(21-12)18-22-15-9-16-14(20-10-23-16)8-17(15)24-18/h1-10H. The van der Waals surface area contributed by atoms with Crippen LogP contribution in [0.5, 0.6) is 0 Å². The molecule has 0 atom stereocenters. The van der Waals surface area contributed by atoms with Gasteiger partial charge in [-0.2, -0.15) is 0 Å². The highest BCUT2D eigenvalue weighted by atomic mass is 32.1. The minimum atomic E-state index is 0.856. The van der Waals surface area contributed by atoms with Crippen LogP contribution in [-0.2, 0) is 0 Å². The number of hydrogen-bond acceptors (Lipinski definition) is 6. The van der Waals surface area contributed by atoms with E-state index in [1.165, 1.54) is 0 Å². The summed E-state index contributed by atoms with van der Waals surface area (Å²) in [7, 11) is 0. The summed E-state index contributed by atoms with van der Waals surface area (Å²) >= 11 is 3.28. The molecule has 4 heterocycles. The lowest BCUT2D eigenvalue weighted by Crippen LogP contribution is -1.89. The first-order valence-electron chi connectivity index (χ1n) is 7.39. The molecular weight excluding hydrogens is 336 g/mol. The second-order valence-electron chi connectivity index (χ2n) is 5.28. The van der Waals surface area contributed by atoms with Crippen LogP contribution in [0, 0.1) is 0 Å². The number of benzene rings is 1. The van der Waals surface area contributed by atoms with E-state index >= 15 is 0 Å². The molecule has 0 spiro atoms. The monoisotopic (exact) mass is 346 g/mol. The van der Waals surface area contributed by atoms with Crippen molar-refractivity contribution in [3.05, 3.63) is 60.2 Å². The van der Waals surface area contributed by atoms with Crippen LogP contribution in [0.15, 0.2) is 60.2 Å². The molecule has 0 bridgehead atoms. The molecule has 4 aromatic heterocycles. The first-order chi connectivity index (χ1) is 11.9. The molecule has 0 saturated carbocycles. The smallest absolute Gasteiger partial charge is 0.143 e. The van der Waals surface area contributed by atoms with E-state index in [1.54, 1.807) is 28.9 Å². The summed E-state index contributed by atoms with van der Waals surface area (Å²) in [6, 6.07) is 16.0. The van der Waals surface area contributed by atoms with Crippen molar-refractivity contribution < 1.29 is 0 Å². The molecule has 6 heteroatoms. The van der Waals surface area contributed by atoms with Gasteiger partial charge in [0, 0.05) is 6.20 Å². The molecule has 5 aromatic rings. The Morgan fingerprint density at radius 3 is 2.50 bits per heavy atom. The van der Waals surface area contributed by atoms with E-state index in [2.05, 4.69) is 22.1 Å². The van der Waals surface area contributed by atoms with Gasteiger partial charge in [0.15, 0.2) is 0 Å². The van der Waals surface area contributed by atoms with Crippen LogP contribution < -0.4 is 0 Å². The van der Waals surface area contributed by atoms with Crippen LogP contribution in [0.25, 0.3) is 42.5 Å². The lowest BCUT2D eigenvalue weighted by molar-refractivity contribution is 1.24. The average Bonchev–Trinajstić information content (AvgIpc) is 3.26. The van der Waals surface area contributed by atoms with Gasteiger partial charge in [0.2, 0.25) is 0 Å². The van der Waals surface area contributed by atoms with Crippen molar-refractivity contribution in [2.45, 2.75) is 0 Å². The number of aromatic nitrogens is 4. The van der Waals surface area contributed by atoms with E-state index in [-0.39, 0.29) is 0 Å². The van der Waals surface area contributed by atoms with Crippen molar-refractivity contribution in [1.29, 1.82) is 0 Å². The highest BCUT2D eigenvalue weighted by Crippen LogP contribution is 2.33. The number of nitrogens with zero attached hydrogens (tertiary/aromatic N) is 4. The molecule has 0 aliphatic carbocycles. The minimum Gasteiger partial charge on any atom is -0.255 e. The van der Waals surface area contributed by atoms with Crippen LogP contribution in [0.1, 0.15) is 0 Å². The van der Waals surface area contributed by atoms with Gasteiger partial charge in [0.05, 0.1) is 43.0 Å². The second kappa shape index (κ2) is 5.43. The molecule has 0 aliphatic heterocycles. The molecule has 0 aliphatic rings. The van der Waals surface area contributed by atoms with E-state index in [0.29, 0.717) is 0 Å². The van der Waals surface area contributed by atoms with Gasteiger partial charge in [-0.15, -0.1) is 22.7 Å². The lowest BCUT2D eigenvalue weighted by atomic mass is 10.2. The molecule has 114 valence electrons. The molecular formula is C18H10N4S2. The lowest BCUT2D eigenvalue weighted by Gasteiger charge is -2.01. The van der Waals surface area contributed by atoms with Crippen LogP contribution >= 0.6 is 22.7 Å². The normalized spacial score (nSPS) is 11.3. The van der Waals surface area contributed by atoms with Crippen LogP contribution in [0.3, 0.4) is 0 Å². The highest BCUT2D eigenvalue weighted by molar-refractivity contribution is 7.22. The van der Waals surface area contributed by atoms with E-state index in [1.807, 2.05) is 41.9 Å². The summed E-state index contributed by atoms with van der Waals surface area (Å²) < 4.78 is 2.29. The van der Waals surface area contributed by atoms with Gasteiger partial charge in [-0.3, -0.25) is 4.98 Å². The summed E-state index contributed by atoms with van der Waals surface area (Å²) in [6.45, 7) is 0. The Morgan fingerprint density at radius 2 is 1.58 bits per heavy atom. The molecule has 4 nitrogen and oxygen atoms in total. The second-order valence-corrected chi connectivity index (χ2v) is 7.20. The van der Waals surface area contributed by atoms with Crippen LogP contribution in [0.2, 0.25) is 0 Å². The number of hydrogen-bond donors (Lipinski definition) is 0. The number of fused-ring (bicyclic) bond motifs is 2. The molecule has 0 fully saturated rings. The van der Waals surface area contributed by atoms with Crippen molar-refractivity contribution in [3.63, 3.8) is 0 Å². The van der Waals surface area contributed by atoms with Gasteiger partial charge in [0.1, 0.15) is 5.01 Å².